The molecule has 2 aliphatic carbocycles. The lowest BCUT2D eigenvalue weighted by molar-refractivity contribution is -0.0101. The van der Waals surface area contributed by atoms with Crippen LogP contribution in [0.4, 0.5) is 0 Å². The van der Waals surface area contributed by atoms with Gasteiger partial charge in [0.2, 0.25) is 0 Å². The van der Waals surface area contributed by atoms with Crippen molar-refractivity contribution in [1.82, 2.24) is 0 Å². The molecule has 2 heteroatoms. The van der Waals surface area contributed by atoms with Crippen LogP contribution in [0.2, 0.25) is 0 Å². The minimum Gasteiger partial charge on any atom is -0.378 e. The molecule has 0 amide bonds. The lowest BCUT2D eigenvalue weighted by atomic mass is 9.80. The molecule has 0 aromatic rings. The van der Waals surface area contributed by atoms with E-state index in [1.807, 2.05) is 6.08 Å². The summed E-state index contributed by atoms with van der Waals surface area (Å²) < 4.78 is 6.25. The number of nitrogens with zero attached hydrogens (tertiary/aromatic N) is 1. The highest BCUT2D eigenvalue weighted by molar-refractivity contribution is 5.01. The van der Waals surface area contributed by atoms with Crippen molar-refractivity contribution in [3.8, 4) is 6.07 Å². The van der Waals surface area contributed by atoms with Gasteiger partial charge >= 0.3 is 0 Å². The molecule has 23 heavy (non-hydrogen) atoms. The lowest BCUT2D eigenvalue weighted by Gasteiger charge is -2.32. The molecule has 0 bridgehead atoms. The number of rotatable bonds is 8. The Morgan fingerprint density at radius 2 is 1.52 bits per heavy atom. The summed E-state index contributed by atoms with van der Waals surface area (Å²) >= 11 is 0. The van der Waals surface area contributed by atoms with Crippen LogP contribution in [0.25, 0.3) is 0 Å². The van der Waals surface area contributed by atoms with Gasteiger partial charge in [0.05, 0.1) is 12.2 Å². The van der Waals surface area contributed by atoms with Crippen LogP contribution < -0.4 is 0 Å². The summed E-state index contributed by atoms with van der Waals surface area (Å²) in [5.74, 6) is 2.68. The first-order valence-electron chi connectivity index (χ1n) is 9.98. The van der Waals surface area contributed by atoms with E-state index in [0.717, 1.165) is 30.8 Å². The molecule has 2 aliphatic rings. The Morgan fingerprint density at radius 3 is 2.17 bits per heavy atom. The zero-order valence-corrected chi connectivity index (χ0v) is 15.0. The molecule has 0 N–H and O–H groups in total. The van der Waals surface area contributed by atoms with Crippen molar-refractivity contribution < 1.29 is 4.74 Å². The number of hydrogen-bond acceptors (Lipinski definition) is 2. The highest BCUT2D eigenvalue weighted by atomic mass is 16.5. The second kappa shape index (κ2) is 10.9. The molecule has 0 atom stereocenters. The van der Waals surface area contributed by atoms with E-state index in [-0.39, 0.29) is 0 Å². The largest absolute Gasteiger partial charge is 0.378 e. The molecular formula is C21H35NO. The fourth-order valence-corrected chi connectivity index (χ4v) is 4.42. The first-order chi connectivity index (χ1) is 11.3. The standard InChI is InChI=1S/C21H35NO/c1-2-6-18-8-10-20(11-9-18)17-23-21-14-12-19(13-15-21)7-4-3-5-16-22/h3,5,18-21H,2,4,6-15,17H2,1H3/t18-,19-,20-,21-. The normalized spacial score (nSPS) is 32.0. The van der Waals surface area contributed by atoms with E-state index >= 15 is 0 Å². The Balaban J connectivity index is 1.53. The Bertz CT molecular complexity index is 368. The van der Waals surface area contributed by atoms with Crippen LogP contribution in [0.1, 0.15) is 84.0 Å². The van der Waals surface area contributed by atoms with Crippen LogP contribution in [-0.2, 0) is 4.74 Å². The van der Waals surface area contributed by atoms with Gasteiger partial charge in [-0.25, -0.2) is 0 Å². The van der Waals surface area contributed by atoms with Gasteiger partial charge in [0.1, 0.15) is 0 Å². The predicted molar refractivity (Wildman–Crippen MR) is 96.0 cm³/mol. The van der Waals surface area contributed by atoms with Gasteiger partial charge in [0.15, 0.2) is 0 Å². The quantitative estimate of drug-likeness (QED) is 0.512. The zero-order chi connectivity index (χ0) is 16.3. The molecule has 130 valence electrons. The van der Waals surface area contributed by atoms with Gasteiger partial charge in [-0.1, -0.05) is 38.7 Å². The van der Waals surface area contributed by atoms with E-state index in [1.54, 1.807) is 6.08 Å². The number of hydrogen-bond donors (Lipinski definition) is 0. The monoisotopic (exact) mass is 317 g/mol. The van der Waals surface area contributed by atoms with Crippen molar-refractivity contribution in [2.45, 2.75) is 90.1 Å². The van der Waals surface area contributed by atoms with E-state index in [0.29, 0.717) is 6.10 Å². The van der Waals surface area contributed by atoms with Gasteiger partial charge in [-0.2, -0.15) is 5.26 Å². The van der Waals surface area contributed by atoms with Crippen LogP contribution in [0.15, 0.2) is 12.2 Å². The molecule has 0 aliphatic heterocycles. The van der Waals surface area contributed by atoms with Crippen molar-refractivity contribution >= 4 is 0 Å². The summed E-state index contributed by atoms with van der Waals surface area (Å²) in [7, 11) is 0. The molecule has 2 nitrogen and oxygen atoms in total. The molecule has 0 saturated heterocycles. The molecule has 0 spiro atoms. The average Bonchev–Trinajstić information content (AvgIpc) is 2.59. The number of allylic oxidation sites excluding steroid dienone is 2. The van der Waals surface area contributed by atoms with Crippen LogP contribution in [0, 0.1) is 29.1 Å². The second-order valence-electron chi connectivity index (χ2n) is 7.76. The van der Waals surface area contributed by atoms with Crippen molar-refractivity contribution in [1.29, 1.82) is 5.26 Å². The summed E-state index contributed by atoms with van der Waals surface area (Å²) in [5.41, 5.74) is 0. The van der Waals surface area contributed by atoms with Gasteiger partial charge in [-0.3, -0.25) is 0 Å². The zero-order valence-electron chi connectivity index (χ0n) is 15.0. The molecule has 2 saturated carbocycles. The van der Waals surface area contributed by atoms with Crippen LogP contribution in [-0.4, -0.2) is 12.7 Å². The van der Waals surface area contributed by atoms with Crippen LogP contribution in [0.3, 0.4) is 0 Å². The molecule has 0 unspecified atom stereocenters. The third-order valence-corrected chi connectivity index (χ3v) is 5.96. The van der Waals surface area contributed by atoms with Gasteiger partial charge in [0, 0.05) is 12.7 Å². The Kier molecular flexibility index (Phi) is 8.76. The van der Waals surface area contributed by atoms with Gasteiger partial charge in [0.25, 0.3) is 0 Å². The van der Waals surface area contributed by atoms with Gasteiger partial charge in [-0.15, -0.1) is 0 Å². The smallest absolute Gasteiger partial charge is 0.0908 e. The fourth-order valence-electron chi connectivity index (χ4n) is 4.42. The van der Waals surface area contributed by atoms with E-state index in [9.17, 15) is 0 Å². The van der Waals surface area contributed by atoms with Gasteiger partial charge in [-0.05, 0) is 69.1 Å². The summed E-state index contributed by atoms with van der Waals surface area (Å²) in [6.45, 7) is 3.32. The molecule has 2 rings (SSSR count). The summed E-state index contributed by atoms with van der Waals surface area (Å²) in [5, 5.41) is 8.49. The lowest BCUT2D eigenvalue weighted by Crippen LogP contribution is -2.26. The predicted octanol–water partition coefficient (Wildman–Crippen LogP) is 6.03. The topological polar surface area (TPSA) is 33.0 Å². The van der Waals surface area contributed by atoms with E-state index in [1.165, 1.54) is 70.6 Å². The third kappa shape index (κ3) is 7.08. The molecule has 0 radical (unpaired) electrons. The molecule has 0 heterocycles. The Labute approximate surface area is 143 Å². The first kappa shape index (κ1) is 18.5. The first-order valence-corrected chi connectivity index (χ1v) is 9.98. The van der Waals surface area contributed by atoms with E-state index < -0.39 is 0 Å². The SMILES string of the molecule is CCC[C@H]1CC[C@H](CO[C@H]2CC[C@H](CCC=CC#N)CC2)CC1. The van der Waals surface area contributed by atoms with Crippen molar-refractivity contribution in [3.63, 3.8) is 0 Å². The fraction of sp³-hybridized carbons (Fsp3) is 0.857. The second-order valence-corrected chi connectivity index (χ2v) is 7.76. The summed E-state index contributed by atoms with van der Waals surface area (Å²) in [6, 6.07) is 2.07. The van der Waals surface area contributed by atoms with Crippen LogP contribution >= 0.6 is 0 Å². The maximum atomic E-state index is 8.49. The highest BCUT2D eigenvalue weighted by Crippen LogP contribution is 2.33. The van der Waals surface area contributed by atoms with Gasteiger partial charge < -0.3 is 4.74 Å². The minimum absolute atomic E-state index is 0.522. The summed E-state index contributed by atoms with van der Waals surface area (Å²) in [4.78, 5) is 0. The maximum Gasteiger partial charge on any atom is 0.0908 e. The van der Waals surface area contributed by atoms with E-state index in [4.69, 9.17) is 10.00 Å². The van der Waals surface area contributed by atoms with Crippen molar-refractivity contribution in [2.24, 2.45) is 17.8 Å². The molecule has 2 fully saturated rings. The Morgan fingerprint density at radius 1 is 0.913 bits per heavy atom. The number of ether oxygens (including phenoxy) is 1. The molecule has 0 aromatic heterocycles. The Hall–Kier alpha value is -0.810. The number of nitriles is 1. The van der Waals surface area contributed by atoms with Crippen LogP contribution in [0.5, 0.6) is 0 Å². The van der Waals surface area contributed by atoms with Crippen molar-refractivity contribution in [2.75, 3.05) is 6.61 Å². The summed E-state index contributed by atoms with van der Waals surface area (Å²) in [6.07, 6.45) is 20.0. The maximum absolute atomic E-state index is 8.49. The van der Waals surface area contributed by atoms with E-state index in [2.05, 4.69) is 13.0 Å². The molecule has 0 aromatic carbocycles. The highest BCUT2D eigenvalue weighted by Gasteiger charge is 2.24. The third-order valence-electron chi connectivity index (χ3n) is 5.96. The molecular weight excluding hydrogens is 282 g/mol. The average molecular weight is 318 g/mol. The van der Waals surface area contributed by atoms with Crippen molar-refractivity contribution in [3.05, 3.63) is 12.2 Å². The minimum atomic E-state index is 0.522.